The molecule has 0 amide bonds. The minimum Gasteiger partial charge on any atom is -0.366 e. The van der Waals surface area contributed by atoms with E-state index in [1.54, 1.807) is 6.20 Å². The van der Waals surface area contributed by atoms with E-state index in [1.165, 1.54) is 6.20 Å². The molecule has 1 aromatic heterocycles. The highest BCUT2D eigenvalue weighted by atomic mass is 79.9. The van der Waals surface area contributed by atoms with Gasteiger partial charge in [-0.1, -0.05) is 27.5 Å². The zero-order chi connectivity index (χ0) is 7.56. The summed E-state index contributed by atoms with van der Waals surface area (Å²) in [6.07, 6.45) is 3.10. The second-order valence-corrected chi connectivity index (χ2v) is 2.76. The van der Waals surface area contributed by atoms with Crippen LogP contribution in [0.5, 0.6) is 0 Å². The van der Waals surface area contributed by atoms with E-state index in [4.69, 9.17) is 11.6 Å². The summed E-state index contributed by atoms with van der Waals surface area (Å²) in [4.78, 5) is 13.8. The fraction of sp³-hybridized carbons (Fsp3) is 0.167. The Morgan fingerprint density at radius 3 is 2.80 bits per heavy atom. The molecule has 0 aliphatic carbocycles. The highest BCUT2D eigenvalue weighted by Crippen LogP contribution is 2.02. The van der Waals surface area contributed by atoms with Gasteiger partial charge in [0.2, 0.25) is 5.43 Å². The molecule has 0 bridgehead atoms. The maximum Gasteiger partial charge on any atom is 0.204 e. The normalized spacial score (nSPS) is 9.80. The molecule has 10 heavy (non-hydrogen) atoms. The smallest absolute Gasteiger partial charge is 0.204 e. The van der Waals surface area contributed by atoms with E-state index < -0.39 is 0 Å². The molecule has 0 radical (unpaired) electrons. The lowest BCUT2D eigenvalue weighted by Crippen LogP contribution is -2.07. The van der Waals surface area contributed by atoms with E-state index in [9.17, 15) is 4.79 Å². The average molecular weight is 222 g/mol. The first-order valence-corrected chi connectivity index (χ1v) is 4.17. The summed E-state index contributed by atoms with van der Waals surface area (Å²) < 4.78 is 0. The molecule has 0 spiro atoms. The second-order valence-electron chi connectivity index (χ2n) is 1.79. The maximum atomic E-state index is 11.0. The number of hydrogen-bond donors (Lipinski definition) is 1. The molecule has 1 rings (SSSR count). The zero-order valence-corrected chi connectivity index (χ0v) is 7.37. The summed E-state index contributed by atoms with van der Waals surface area (Å²) in [7, 11) is 0. The third kappa shape index (κ3) is 1.41. The van der Waals surface area contributed by atoms with Gasteiger partial charge in [0.05, 0.1) is 0 Å². The lowest BCUT2D eigenvalue weighted by Gasteiger charge is -1.92. The van der Waals surface area contributed by atoms with Crippen molar-refractivity contribution in [1.82, 2.24) is 4.98 Å². The molecule has 0 atom stereocenters. The number of pyridine rings is 1. The Morgan fingerprint density at radius 1 is 1.60 bits per heavy atom. The van der Waals surface area contributed by atoms with Crippen molar-refractivity contribution in [3.8, 4) is 0 Å². The van der Waals surface area contributed by atoms with Crippen molar-refractivity contribution in [3.05, 3.63) is 33.2 Å². The highest BCUT2D eigenvalue weighted by molar-refractivity contribution is 9.08. The van der Waals surface area contributed by atoms with Gasteiger partial charge in [0.15, 0.2) is 0 Å². The standard InChI is InChI=1S/C6H5BrClNO/c7-1-4-2-9-3-5(8)6(4)10/h2-3H,1H2,(H,9,10). The van der Waals surface area contributed by atoms with E-state index in [1.807, 2.05) is 0 Å². The van der Waals surface area contributed by atoms with Crippen LogP contribution in [0.25, 0.3) is 0 Å². The monoisotopic (exact) mass is 221 g/mol. The number of alkyl halides is 1. The number of aromatic amines is 1. The van der Waals surface area contributed by atoms with Crippen molar-refractivity contribution >= 4 is 27.5 Å². The van der Waals surface area contributed by atoms with E-state index in [-0.39, 0.29) is 10.5 Å². The first-order chi connectivity index (χ1) is 4.75. The number of H-pyrrole nitrogens is 1. The van der Waals surface area contributed by atoms with Crippen LogP contribution < -0.4 is 5.43 Å². The Balaban J connectivity index is 3.28. The molecule has 4 heteroatoms. The van der Waals surface area contributed by atoms with Crippen LogP contribution in [0.15, 0.2) is 17.2 Å². The van der Waals surface area contributed by atoms with Crippen LogP contribution in [-0.2, 0) is 5.33 Å². The van der Waals surface area contributed by atoms with Crippen molar-refractivity contribution in [1.29, 1.82) is 0 Å². The van der Waals surface area contributed by atoms with E-state index in [0.717, 1.165) is 0 Å². The average Bonchev–Trinajstić information content (AvgIpc) is 1.95. The van der Waals surface area contributed by atoms with Gasteiger partial charge in [0, 0.05) is 23.3 Å². The van der Waals surface area contributed by atoms with E-state index in [0.29, 0.717) is 10.9 Å². The van der Waals surface area contributed by atoms with Gasteiger partial charge in [0.1, 0.15) is 5.02 Å². The maximum absolute atomic E-state index is 11.0. The second kappa shape index (κ2) is 3.21. The highest BCUT2D eigenvalue weighted by Gasteiger charge is 1.99. The van der Waals surface area contributed by atoms with Crippen LogP contribution in [0.3, 0.4) is 0 Å². The van der Waals surface area contributed by atoms with Gasteiger partial charge in [-0.3, -0.25) is 4.79 Å². The topological polar surface area (TPSA) is 32.9 Å². The minimum atomic E-state index is -0.114. The molecule has 2 nitrogen and oxygen atoms in total. The van der Waals surface area contributed by atoms with Gasteiger partial charge >= 0.3 is 0 Å². The summed E-state index contributed by atoms with van der Waals surface area (Å²) in [5, 5.41) is 0.764. The molecule has 1 aromatic rings. The molecule has 0 fully saturated rings. The van der Waals surface area contributed by atoms with Crippen LogP contribution in [0.4, 0.5) is 0 Å². The summed E-state index contributed by atoms with van der Waals surface area (Å²) in [5.74, 6) is 0. The lowest BCUT2D eigenvalue weighted by atomic mass is 10.3. The summed E-state index contributed by atoms with van der Waals surface area (Å²) in [5.41, 5.74) is 0.532. The molecule has 0 saturated carbocycles. The minimum absolute atomic E-state index is 0.114. The number of hydrogen-bond acceptors (Lipinski definition) is 1. The number of nitrogens with one attached hydrogen (secondary N) is 1. The van der Waals surface area contributed by atoms with Crippen LogP contribution >= 0.6 is 27.5 Å². The van der Waals surface area contributed by atoms with Crippen molar-refractivity contribution in [3.63, 3.8) is 0 Å². The molecular weight excluding hydrogens is 217 g/mol. The zero-order valence-electron chi connectivity index (χ0n) is 5.03. The molecule has 0 aliphatic heterocycles. The summed E-state index contributed by atoms with van der Waals surface area (Å²) >= 11 is 8.69. The van der Waals surface area contributed by atoms with Crippen molar-refractivity contribution in [2.75, 3.05) is 0 Å². The Bertz CT molecular complexity index is 283. The van der Waals surface area contributed by atoms with Crippen LogP contribution in [0.1, 0.15) is 5.56 Å². The Morgan fingerprint density at radius 2 is 2.30 bits per heavy atom. The first-order valence-electron chi connectivity index (χ1n) is 2.67. The number of rotatable bonds is 1. The first kappa shape index (κ1) is 7.82. The molecule has 1 heterocycles. The SMILES string of the molecule is O=c1c(Cl)c[nH]cc1CBr. The van der Waals surface area contributed by atoms with Crippen molar-refractivity contribution < 1.29 is 0 Å². The molecule has 0 saturated heterocycles. The molecule has 0 unspecified atom stereocenters. The fourth-order valence-electron chi connectivity index (χ4n) is 0.599. The fourth-order valence-corrected chi connectivity index (χ4v) is 1.20. The van der Waals surface area contributed by atoms with Gasteiger partial charge in [-0.2, -0.15) is 0 Å². The van der Waals surface area contributed by atoms with Crippen molar-refractivity contribution in [2.24, 2.45) is 0 Å². The Labute approximate surface area is 71.3 Å². The Kier molecular flexibility index (Phi) is 2.51. The van der Waals surface area contributed by atoms with Crippen molar-refractivity contribution in [2.45, 2.75) is 5.33 Å². The molecule has 0 aliphatic rings. The predicted molar refractivity (Wildman–Crippen MR) is 44.7 cm³/mol. The number of halogens is 2. The third-order valence-corrected chi connectivity index (χ3v) is 2.01. The summed E-state index contributed by atoms with van der Waals surface area (Å²) in [6, 6.07) is 0. The Hall–Kier alpha value is -0.280. The van der Waals surface area contributed by atoms with Gasteiger partial charge in [-0.15, -0.1) is 0 Å². The lowest BCUT2D eigenvalue weighted by molar-refractivity contribution is 1.22. The van der Waals surface area contributed by atoms with Gasteiger partial charge in [-0.25, -0.2) is 0 Å². The van der Waals surface area contributed by atoms with Gasteiger partial charge in [0.25, 0.3) is 0 Å². The molecule has 1 N–H and O–H groups in total. The van der Waals surface area contributed by atoms with Gasteiger partial charge < -0.3 is 4.98 Å². The van der Waals surface area contributed by atoms with Crippen LogP contribution in [0, 0.1) is 0 Å². The van der Waals surface area contributed by atoms with Crippen LogP contribution in [0.2, 0.25) is 5.02 Å². The van der Waals surface area contributed by atoms with E-state index >= 15 is 0 Å². The molecular formula is C6H5BrClNO. The third-order valence-electron chi connectivity index (χ3n) is 1.12. The van der Waals surface area contributed by atoms with E-state index in [2.05, 4.69) is 20.9 Å². The quantitative estimate of drug-likeness (QED) is 0.724. The number of aromatic nitrogens is 1. The van der Waals surface area contributed by atoms with Gasteiger partial charge in [-0.05, 0) is 0 Å². The molecule has 0 aromatic carbocycles. The molecule has 54 valence electrons. The largest absolute Gasteiger partial charge is 0.366 e. The summed E-state index contributed by atoms with van der Waals surface area (Å²) in [6.45, 7) is 0. The van der Waals surface area contributed by atoms with Crippen LogP contribution in [-0.4, -0.2) is 4.98 Å². The predicted octanol–water partition coefficient (Wildman–Crippen LogP) is 1.92.